The van der Waals surface area contributed by atoms with Gasteiger partial charge in [0.05, 0.1) is 12.5 Å². The van der Waals surface area contributed by atoms with Crippen molar-refractivity contribution in [3.05, 3.63) is 23.8 Å². The van der Waals surface area contributed by atoms with Gasteiger partial charge in [-0.25, -0.2) is 0 Å². The van der Waals surface area contributed by atoms with Crippen LogP contribution in [0.2, 0.25) is 0 Å². The van der Waals surface area contributed by atoms with E-state index in [-0.39, 0.29) is 30.3 Å². The van der Waals surface area contributed by atoms with E-state index in [1.54, 1.807) is 0 Å². The number of carbonyl (C=O) groups excluding carboxylic acids is 1. The van der Waals surface area contributed by atoms with Gasteiger partial charge < -0.3 is 20.1 Å². The molecule has 5 nitrogen and oxygen atoms in total. The summed E-state index contributed by atoms with van der Waals surface area (Å²) in [6.45, 7) is 5.67. The number of hydrogen-bond donors (Lipinski definition) is 2. The fourth-order valence-corrected chi connectivity index (χ4v) is 2.30. The molecule has 1 aromatic carbocycles. The van der Waals surface area contributed by atoms with Gasteiger partial charge in [0.25, 0.3) is 0 Å². The molecule has 2 rings (SSSR count). The van der Waals surface area contributed by atoms with E-state index in [0.29, 0.717) is 26.2 Å². The van der Waals surface area contributed by atoms with Crippen molar-refractivity contribution >= 4 is 18.3 Å². The van der Waals surface area contributed by atoms with Crippen LogP contribution in [0.15, 0.2) is 18.2 Å². The highest BCUT2D eigenvalue weighted by molar-refractivity contribution is 5.85. The molecule has 0 bridgehead atoms. The zero-order valence-corrected chi connectivity index (χ0v) is 14.2. The number of amides is 1. The van der Waals surface area contributed by atoms with Crippen LogP contribution in [0, 0.1) is 5.92 Å². The smallest absolute Gasteiger partial charge is 0.226 e. The SMILES string of the molecule is CCOc1ccc2c(c1)CC(C(=O)NCC(C)NC)CO2.Cl. The van der Waals surface area contributed by atoms with E-state index >= 15 is 0 Å². The van der Waals surface area contributed by atoms with Crippen molar-refractivity contribution < 1.29 is 14.3 Å². The summed E-state index contributed by atoms with van der Waals surface area (Å²) < 4.78 is 11.2. The number of halogens is 1. The topological polar surface area (TPSA) is 59.6 Å². The molecular formula is C16H25ClN2O3. The molecule has 124 valence electrons. The molecule has 2 unspecified atom stereocenters. The van der Waals surface area contributed by atoms with E-state index in [1.165, 1.54) is 0 Å². The Bertz CT molecular complexity index is 496. The standard InChI is InChI=1S/C16H24N2O3.ClH/c1-4-20-14-5-6-15-12(8-14)7-13(10-21-15)16(19)18-9-11(2)17-3;/h5-6,8,11,13,17H,4,7,9-10H2,1-3H3,(H,18,19);1H. The van der Waals surface area contributed by atoms with E-state index in [9.17, 15) is 4.79 Å². The molecule has 2 N–H and O–H groups in total. The minimum atomic E-state index is -0.140. The van der Waals surface area contributed by atoms with E-state index in [0.717, 1.165) is 17.1 Å². The fraction of sp³-hybridized carbons (Fsp3) is 0.562. The molecule has 2 atom stereocenters. The Morgan fingerprint density at radius 1 is 1.50 bits per heavy atom. The van der Waals surface area contributed by atoms with Crippen LogP contribution in [0.1, 0.15) is 19.4 Å². The van der Waals surface area contributed by atoms with Crippen LogP contribution < -0.4 is 20.1 Å². The third-order valence-corrected chi connectivity index (χ3v) is 3.70. The number of ether oxygens (including phenoxy) is 2. The lowest BCUT2D eigenvalue weighted by Crippen LogP contribution is -2.42. The van der Waals surface area contributed by atoms with Crippen molar-refractivity contribution in [3.63, 3.8) is 0 Å². The van der Waals surface area contributed by atoms with Gasteiger partial charge in [-0.3, -0.25) is 4.79 Å². The number of carbonyl (C=O) groups is 1. The van der Waals surface area contributed by atoms with Crippen molar-refractivity contribution in [2.24, 2.45) is 5.92 Å². The van der Waals surface area contributed by atoms with Crippen LogP contribution in [0.5, 0.6) is 11.5 Å². The van der Waals surface area contributed by atoms with Gasteiger partial charge in [-0.2, -0.15) is 0 Å². The molecule has 1 aromatic rings. The zero-order chi connectivity index (χ0) is 15.2. The van der Waals surface area contributed by atoms with Crippen molar-refractivity contribution in [1.82, 2.24) is 10.6 Å². The lowest BCUT2D eigenvalue weighted by Gasteiger charge is -2.25. The first-order valence-corrected chi connectivity index (χ1v) is 7.47. The normalized spacial score (nSPS) is 17.5. The van der Waals surface area contributed by atoms with Crippen LogP contribution in [0.25, 0.3) is 0 Å². The minimum Gasteiger partial charge on any atom is -0.494 e. The summed E-state index contributed by atoms with van der Waals surface area (Å²) in [6.07, 6.45) is 0.690. The van der Waals surface area contributed by atoms with Gasteiger partial charge in [0.15, 0.2) is 0 Å². The maximum atomic E-state index is 12.2. The number of benzene rings is 1. The Labute approximate surface area is 138 Å². The fourth-order valence-electron chi connectivity index (χ4n) is 2.30. The molecule has 22 heavy (non-hydrogen) atoms. The number of nitrogens with one attached hydrogen (secondary N) is 2. The molecule has 0 saturated carbocycles. The van der Waals surface area contributed by atoms with Crippen LogP contribution in [0.4, 0.5) is 0 Å². The maximum Gasteiger partial charge on any atom is 0.226 e. The summed E-state index contributed by atoms with van der Waals surface area (Å²) in [7, 11) is 1.88. The molecule has 1 heterocycles. The van der Waals surface area contributed by atoms with Gasteiger partial charge in [0.2, 0.25) is 5.91 Å². The Hall–Kier alpha value is -1.46. The van der Waals surface area contributed by atoms with Crippen molar-refractivity contribution in [2.45, 2.75) is 26.3 Å². The van der Waals surface area contributed by atoms with Crippen LogP contribution in [-0.4, -0.2) is 38.8 Å². The van der Waals surface area contributed by atoms with Gasteiger partial charge >= 0.3 is 0 Å². The van der Waals surface area contributed by atoms with E-state index in [2.05, 4.69) is 10.6 Å². The van der Waals surface area contributed by atoms with E-state index in [4.69, 9.17) is 9.47 Å². The highest BCUT2D eigenvalue weighted by atomic mass is 35.5. The van der Waals surface area contributed by atoms with E-state index in [1.807, 2.05) is 39.1 Å². The van der Waals surface area contributed by atoms with Crippen molar-refractivity contribution in [1.29, 1.82) is 0 Å². The summed E-state index contributed by atoms with van der Waals surface area (Å²) in [5, 5.41) is 6.06. The molecule has 0 saturated heterocycles. The second-order valence-electron chi connectivity index (χ2n) is 5.35. The van der Waals surface area contributed by atoms with Gasteiger partial charge in [-0.05, 0) is 51.1 Å². The molecule has 0 aliphatic carbocycles. The predicted molar refractivity (Wildman–Crippen MR) is 89.1 cm³/mol. The highest BCUT2D eigenvalue weighted by Gasteiger charge is 2.26. The van der Waals surface area contributed by atoms with Crippen LogP contribution in [-0.2, 0) is 11.2 Å². The lowest BCUT2D eigenvalue weighted by molar-refractivity contribution is -0.126. The molecule has 0 aromatic heterocycles. The van der Waals surface area contributed by atoms with E-state index < -0.39 is 0 Å². The third-order valence-electron chi connectivity index (χ3n) is 3.70. The van der Waals surface area contributed by atoms with Crippen molar-refractivity contribution in [3.8, 4) is 11.5 Å². The Balaban J connectivity index is 0.00000242. The number of fused-ring (bicyclic) bond motifs is 1. The second-order valence-corrected chi connectivity index (χ2v) is 5.35. The molecule has 0 radical (unpaired) electrons. The highest BCUT2D eigenvalue weighted by Crippen LogP contribution is 2.30. The number of hydrogen-bond acceptors (Lipinski definition) is 4. The maximum absolute atomic E-state index is 12.2. The predicted octanol–water partition coefficient (Wildman–Crippen LogP) is 1.78. The quantitative estimate of drug-likeness (QED) is 0.835. The summed E-state index contributed by atoms with van der Waals surface area (Å²) >= 11 is 0. The van der Waals surface area contributed by atoms with Crippen LogP contribution in [0.3, 0.4) is 0 Å². The van der Waals surface area contributed by atoms with Crippen molar-refractivity contribution in [2.75, 3.05) is 26.8 Å². The minimum absolute atomic E-state index is 0. The van der Waals surface area contributed by atoms with Gasteiger partial charge in [0, 0.05) is 12.6 Å². The third kappa shape index (κ3) is 4.78. The summed E-state index contributed by atoms with van der Waals surface area (Å²) in [5.74, 6) is 1.58. The summed E-state index contributed by atoms with van der Waals surface area (Å²) in [5.41, 5.74) is 1.04. The second kappa shape index (κ2) is 8.86. The zero-order valence-electron chi connectivity index (χ0n) is 13.3. The lowest BCUT2D eigenvalue weighted by atomic mass is 9.95. The Morgan fingerprint density at radius 2 is 2.27 bits per heavy atom. The first-order valence-electron chi connectivity index (χ1n) is 7.47. The molecule has 1 aliphatic rings. The van der Waals surface area contributed by atoms with Gasteiger partial charge in [-0.15, -0.1) is 12.4 Å². The molecule has 1 aliphatic heterocycles. The molecule has 0 fully saturated rings. The number of rotatable bonds is 6. The largest absolute Gasteiger partial charge is 0.494 e. The Morgan fingerprint density at radius 3 is 2.95 bits per heavy atom. The van der Waals surface area contributed by atoms with Crippen LogP contribution >= 0.6 is 12.4 Å². The summed E-state index contributed by atoms with van der Waals surface area (Å²) in [4.78, 5) is 12.2. The summed E-state index contributed by atoms with van der Waals surface area (Å²) in [6, 6.07) is 6.04. The van der Waals surface area contributed by atoms with Gasteiger partial charge in [-0.1, -0.05) is 0 Å². The number of likely N-dealkylation sites (N-methyl/N-ethyl adjacent to an activating group) is 1. The Kier molecular flexibility index (Phi) is 7.48. The monoisotopic (exact) mass is 328 g/mol. The molecule has 1 amide bonds. The average molecular weight is 329 g/mol. The first-order chi connectivity index (χ1) is 10.1. The average Bonchev–Trinajstić information content (AvgIpc) is 2.51. The molecule has 0 spiro atoms. The van der Waals surface area contributed by atoms with Gasteiger partial charge in [0.1, 0.15) is 18.1 Å². The first kappa shape index (κ1) is 18.6. The molecule has 6 heteroatoms. The molecular weight excluding hydrogens is 304 g/mol.